The van der Waals surface area contributed by atoms with Gasteiger partial charge in [-0.3, -0.25) is 14.6 Å². The standard InChI is InChI=1S/C25H33N3O2/c1-2-30-24-8-4-3-7-20(24)16-27-14-19-13-22(18-27)23-10-9-21(25(29)28(23)15-19)17-26-11-5-6-12-26/h3-4,7-10,19,22H,2,5-6,11-18H2,1H3/t19-,22+/m0/s1. The quantitative estimate of drug-likeness (QED) is 0.735. The second-order valence-corrected chi connectivity index (χ2v) is 9.22. The molecule has 1 aromatic heterocycles. The van der Waals surface area contributed by atoms with E-state index in [9.17, 15) is 4.79 Å². The number of likely N-dealkylation sites (tertiary alicyclic amines) is 2. The predicted octanol–water partition coefficient (Wildman–Crippen LogP) is 3.46. The van der Waals surface area contributed by atoms with Gasteiger partial charge in [0, 0.05) is 55.5 Å². The van der Waals surface area contributed by atoms with Crippen LogP contribution in [0, 0.1) is 5.92 Å². The molecule has 5 rings (SSSR count). The zero-order valence-corrected chi connectivity index (χ0v) is 18.1. The van der Waals surface area contributed by atoms with E-state index in [2.05, 4.69) is 44.7 Å². The van der Waals surface area contributed by atoms with E-state index in [1.54, 1.807) is 0 Å². The molecule has 5 heteroatoms. The topological polar surface area (TPSA) is 37.7 Å². The van der Waals surface area contributed by atoms with Crippen molar-refractivity contribution in [1.29, 1.82) is 0 Å². The van der Waals surface area contributed by atoms with E-state index in [0.29, 0.717) is 18.4 Å². The first-order chi connectivity index (χ1) is 14.7. The number of hydrogen-bond acceptors (Lipinski definition) is 4. The molecule has 2 bridgehead atoms. The smallest absolute Gasteiger partial charge is 0.255 e. The SMILES string of the molecule is CCOc1ccccc1CN1C[C@@H]2C[C@H](C1)c1ccc(CN3CCCC3)c(=O)n1C2. The first kappa shape index (κ1) is 19.8. The Morgan fingerprint density at radius 2 is 1.73 bits per heavy atom. The molecule has 0 radical (unpaired) electrons. The first-order valence-electron chi connectivity index (χ1n) is 11.6. The molecular weight excluding hydrogens is 374 g/mol. The van der Waals surface area contributed by atoms with Gasteiger partial charge in [0.2, 0.25) is 0 Å². The average molecular weight is 408 g/mol. The van der Waals surface area contributed by atoms with Crippen molar-refractivity contribution in [2.24, 2.45) is 5.92 Å². The highest BCUT2D eigenvalue weighted by Crippen LogP contribution is 2.36. The van der Waals surface area contributed by atoms with Gasteiger partial charge in [0.05, 0.1) is 6.61 Å². The van der Waals surface area contributed by atoms with Crippen molar-refractivity contribution in [2.45, 2.75) is 51.7 Å². The third-order valence-electron chi connectivity index (χ3n) is 7.02. The van der Waals surface area contributed by atoms with E-state index in [-0.39, 0.29) is 5.56 Å². The maximum Gasteiger partial charge on any atom is 0.255 e. The summed E-state index contributed by atoms with van der Waals surface area (Å²) < 4.78 is 7.94. The second kappa shape index (κ2) is 8.56. The predicted molar refractivity (Wildman–Crippen MR) is 119 cm³/mol. The Balaban J connectivity index is 1.34. The molecule has 2 atom stereocenters. The lowest BCUT2D eigenvalue weighted by molar-refractivity contribution is 0.113. The Hall–Kier alpha value is -2.11. The molecular formula is C25H33N3O2. The highest BCUT2D eigenvalue weighted by atomic mass is 16.5. The zero-order valence-electron chi connectivity index (χ0n) is 18.1. The molecule has 0 saturated carbocycles. The van der Waals surface area contributed by atoms with Gasteiger partial charge in [0.1, 0.15) is 5.75 Å². The number of ether oxygens (including phenoxy) is 1. The summed E-state index contributed by atoms with van der Waals surface area (Å²) in [5, 5.41) is 0. The fourth-order valence-corrected chi connectivity index (χ4v) is 5.69. The molecule has 0 amide bonds. The van der Waals surface area contributed by atoms with Crippen LogP contribution in [0.25, 0.3) is 0 Å². The Labute approximate surface area is 179 Å². The second-order valence-electron chi connectivity index (χ2n) is 9.22. The molecule has 3 aliphatic rings. The van der Waals surface area contributed by atoms with Gasteiger partial charge in [-0.15, -0.1) is 0 Å². The Morgan fingerprint density at radius 1 is 0.933 bits per heavy atom. The Bertz CT molecular complexity index is 948. The summed E-state index contributed by atoms with van der Waals surface area (Å²) in [4.78, 5) is 18.2. The van der Waals surface area contributed by atoms with Crippen molar-refractivity contribution < 1.29 is 4.74 Å². The van der Waals surface area contributed by atoms with Crippen LogP contribution in [-0.2, 0) is 19.6 Å². The zero-order chi connectivity index (χ0) is 20.5. The fourth-order valence-electron chi connectivity index (χ4n) is 5.69. The first-order valence-corrected chi connectivity index (χ1v) is 11.6. The average Bonchev–Trinajstić information content (AvgIpc) is 3.25. The summed E-state index contributed by atoms with van der Waals surface area (Å²) in [5.74, 6) is 2.00. The minimum atomic E-state index is 0.254. The van der Waals surface area contributed by atoms with Crippen molar-refractivity contribution >= 4 is 0 Å². The lowest BCUT2D eigenvalue weighted by Gasteiger charge is -2.43. The maximum atomic E-state index is 13.2. The van der Waals surface area contributed by atoms with Crippen molar-refractivity contribution in [3.05, 3.63) is 63.6 Å². The fraction of sp³-hybridized carbons (Fsp3) is 0.560. The number of pyridine rings is 1. The van der Waals surface area contributed by atoms with E-state index in [4.69, 9.17) is 4.74 Å². The number of benzene rings is 1. The molecule has 2 aromatic rings. The van der Waals surface area contributed by atoms with Crippen molar-refractivity contribution in [2.75, 3.05) is 32.8 Å². The largest absolute Gasteiger partial charge is 0.494 e. The minimum Gasteiger partial charge on any atom is -0.494 e. The van der Waals surface area contributed by atoms with Gasteiger partial charge < -0.3 is 9.30 Å². The number of aromatic nitrogens is 1. The van der Waals surface area contributed by atoms with Gasteiger partial charge in [-0.1, -0.05) is 24.3 Å². The van der Waals surface area contributed by atoms with E-state index in [1.807, 2.05) is 13.0 Å². The van der Waals surface area contributed by atoms with Crippen molar-refractivity contribution in [1.82, 2.24) is 14.4 Å². The summed E-state index contributed by atoms with van der Waals surface area (Å²) in [5.41, 5.74) is 3.73. The molecule has 30 heavy (non-hydrogen) atoms. The summed E-state index contributed by atoms with van der Waals surface area (Å²) in [6.07, 6.45) is 3.73. The monoisotopic (exact) mass is 407 g/mol. The van der Waals surface area contributed by atoms with Gasteiger partial charge >= 0.3 is 0 Å². The number of fused-ring (bicyclic) bond motifs is 4. The van der Waals surface area contributed by atoms with Crippen LogP contribution < -0.4 is 10.3 Å². The van der Waals surface area contributed by atoms with Crippen LogP contribution in [0.1, 0.15) is 48.9 Å². The van der Waals surface area contributed by atoms with Gasteiger partial charge in [0.25, 0.3) is 5.56 Å². The molecule has 5 nitrogen and oxygen atoms in total. The van der Waals surface area contributed by atoms with Crippen LogP contribution >= 0.6 is 0 Å². The summed E-state index contributed by atoms with van der Waals surface area (Å²) >= 11 is 0. The molecule has 1 aromatic carbocycles. The molecule has 2 fully saturated rings. The normalized spacial score (nSPS) is 24.0. The van der Waals surface area contributed by atoms with Gasteiger partial charge in [0.15, 0.2) is 0 Å². The molecule has 0 spiro atoms. The number of para-hydroxylation sites is 1. The van der Waals surface area contributed by atoms with Gasteiger partial charge in [-0.05, 0) is 57.3 Å². The number of piperidine rings is 1. The van der Waals surface area contributed by atoms with E-state index in [1.165, 1.54) is 30.5 Å². The number of rotatable bonds is 6. The van der Waals surface area contributed by atoms with E-state index >= 15 is 0 Å². The summed E-state index contributed by atoms with van der Waals surface area (Å²) in [6.45, 7) is 9.65. The van der Waals surface area contributed by atoms with Crippen molar-refractivity contribution in [3.63, 3.8) is 0 Å². The van der Waals surface area contributed by atoms with Crippen LogP contribution in [0.5, 0.6) is 5.75 Å². The molecule has 0 aliphatic carbocycles. The van der Waals surface area contributed by atoms with Crippen LogP contribution in [0.2, 0.25) is 0 Å². The lowest BCUT2D eigenvalue weighted by Crippen LogP contribution is -2.47. The summed E-state index contributed by atoms with van der Waals surface area (Å²) in [7, 11) is 0. The molecule has 0 N–H and O–H groups in total. The van der Waals surface area contributed by atoms with Crippen LogP contribution in [-0.4, -0.2) is 47.2 Å². The lowest BCUT2D eigenvalue weighted by atomic mass is 9.82. The molecule has 160 valence electrons. The maximum absolute atomic E-state index is 13.2. The molecule has 4 heterocycles. The molecule has 2 saturated heterocycles. The van der Waals surface area contributed by atoms with E-state index < -0.39 is 0 Å². The Kier molecular flexibility index (Phi) is 5.66. The van der Waals surface area contributed by atoms with Gasteiger partial charge in [-0.2, -0.15) is 0 Å². The molecule has 0 unspecified atom stereocenters. The minimum absolute atomic E-state index is 0.254. The van der Waals surface area contributed by atoms with Crippen LogP contribution in [0.4, 0.5) is 0 Å². The van der Waals surface area contributed by atoms with Crippen LogP contribution in [0.15, 0.2) is 41.2 Å². The Morgan fingerprint density at radius 3 is 2.57 bits per heavy atom. The van der Waals surface area contributed by atoms with Crippen LogP contribution in [0.3, 0.4) is 0 Å². The third-order valence-corrected chi connectivity index (χ3v) is 7.02. The summed E-state index contributed by atoms with van der Waals surface area (Å²) in [6, 6.07) is 12.7. The van der Waals surface area contributed by atoms with Crippen molar-refractivity contribution in [3.8, 4) is 5.75 Å². The van der Waals surface area contributed by atoms with E-state index in [0.717, 1.165) is 57.1 Å². The van der Waals surface area contributed by atoms with Gasteiger partial charge in [-0.25, -0.2) is 0 Å². The number of hydrogen-bond donors (Lipinski definition) is 0. The number of nitrogens with zero attached hydrogens (tertiary/aromatic N) is 3. The highest BCUT2D eigenvalue weighted by Gasteiger charge is 2.35. The highest BCUT2D eigenvalue weighted by molar-refractivity contribution is 5.33. The third kappa shape index (κ3) is 3.93. The molecule has 3 aliphatic heterocycles.